The zero-order chi connectivity index (χ0) is 18.7. The van der Waals surface area contributed by atoms with E-state index in [0.717, 1.165) is 63.7 Å². The van der Waals surface area contributed by atoms with Crippen LogP contribution in [0.4, 0.5) is 19.0 Å². The molecular weight excluding hydrogens is 471 g/mol. The van der Waals surface area contributed by atoms with E-state index >= 15 is 0 Å². The number of nitrogens with two attached hydrogens (primary N) is 1. The van der Waals surface area contributed by atoms with E-state index < -0.39 is 11.7 Å². The molecule has 1 aliphatic carbocycles. The van der Waals surface area contributed by atoms with Crippen molar-refractivity contribution in [2.75, 3.05) is 37.6 Å². The summed E-state index contributed by atoms with van der Waals surface area (Å²) in [7, 11) is 0. The molecule has 0 amide bonds. The monoisotopic (exact) mass is 498 g/mol. The molecule has 1 saturated heterocycles. The number of rotatable bonds is 4. The van der Waals surface area contributed by atoms with Crippen LogP contribution in [0.3, 0.4) is 0 Å². The number of piperazine rings is 1. The SMILES string of the molecule is Cl.Cl.Cl.N[C@H]1CC[C@H](CCN2CCN(c3ncc(C(F)(F)F)cc3Cl)CC2)CC1. The predicted octanol–water partition coefficient (Wildman–Crippen LogP) is 5.05. The molecule has 0 spiro atoms. The van der Waals surface area contributed by atoms with Gasteiger partial charge in [0.25, 0.3) is 0 Å². The third kappa shape index (κ3) is 8.11. The summed E-state index contributed by atoms with van der Waals surface area (Å²) in [4.78, 5) is 8.35. The van der Waals surface area contributed by atoms with E-state index in [-0.39, 0.29) is 42.2 Å². The summed E-state index contributed by atoms with van der Waals surface area (Å²) in [6, 6.07) is 1.35. The highest BCUT2D eigenvalue weighted by Crippen LogP contribution is 2.34. The third-order valence-corrected chi connectivity index (χ3v) is 5.84. The lowest BCUT2D eigenvalue weighted by atomic mass is 9.84. The summed E-state index contributed by atoms with van der Waals surface area (Å²) >= 11 is 6.05. The standard InChI is InChI=1S/C18H26ClF3N4.3ClH/c19-16-11-14(18(20,21)22)12-24-17(16)26-9-7-25(8-10-26)6-5-13-1-3-15(23)4-2-13;;;/h11-13,15H,1-10,23H2;3*1H/t13-,15-;;;. The van der Waals surface area contributed by atoms with Crippen molar-refractivity contribution in [2.24, 2.45) is 11.7 Å². The summed E-state index contributed by atoms with van der Waals surface area (Å²) in [5.41, 5.74) is 5.15. The van der Waals surface area contributed by atoms with Gasteiger partial charge in [-0.3, -0.25) is 4.90 Å². The van der Waals surface area contributed by atoms with Crippen molar-refractivity contribution in [1.82, 2.24) is 9.88 Å². The molecule has 11 heteroatoms. The van der Waals surface area contributed by atoms with E-state index in [9.17, 15) is 13.2 Å². The maximum absolute atomic E-state index is 12.7. The van der Waals surface area contributed by atoms with E-state index in [1.165, 1.54) is 19.3 Å². The van der Waals surface area contributed by atoms with Crippen LogP contribution in [0.15, 0.2) is 12.3 Å². The summed E-state index contributed by atoms with van der Waals surface area (Å²) < 4.78 is 38.2. The van der Waals surface area contributed by atoms with Gasteiger partial charge >= 0.3 is 6.18 Å². The van der Waals surface area contributed by atoms with Crippen molar-refractivity contribution in [3.8, 4) is 0 Å². The molecule has 170 valence electrons. The van der Waals surface area contributed by atoms with Crippen LogP contribution >= 0.6 is 48.8 Å². The number of aromatic nitrogens is 1. The van der Waals surface area contributed by atoms with Crippen molar-refractivity contribution in [1.29, 1.82) is 0 Å². The number of pyridine rings is 1. The van der Waals surface area contributed by atoms with Gasteiger partial charge in [0.1, 0.15) is 5.82 Å². The third-order valence-electron chi connectivity index (χ3n) is 5.57. The van der Waals surface area contributed by atoms with Gasteiger partial charge in [-0.25, -0.2) is 4.98 Å². The van der Waals surface area contributed by atoms with Gasteiger partial charge in [0.15, 0.2) is 0 Å². The van der Waals surface area contributed by atoms with E-state index in [2.05, 4.69) is 9.88 Å². The van der Waals surface area contributed by atoms with Crippen LogP contribution in [0, 0.1) is 5.92 Å². The van der Waals surface area contributed by atoms with Crippen LogP contribution in [0.5, 0.6) is 0 Å². The predicted molar refractivity (Wildman–Crippen MR) is 119 cm³/mol. The zero-order valence-corrected chi connectivity index (χ0v) is 19.2. The first-order chi connectivity index (χ1) is 12.3. The second kappa shape index (κ2) is 12.6. The molecule has 0 radical (unpaired) electrons. The average molecular weight is 500 g/mol. The van der Waals surface area contributed by atoms with Gasteiger partial charge in [-0.2, -0.15) is 13.2 Å². The fourth-order valence-corrected chi connectivity index (χ4v) is 4.13. The smallest absolute Gasteiger partial charge is 0.353 e. The largest absolute Gasteiger partial charge is 0.417 e. The minimum absolute atomic E-state index is 0. The minimum Gasteiger partial charge on any atom is -0.353 e. The van der Waals surface area contributed by atoms with Gasteiger partial charge in [-0.05, 0) is 50.6 Å². The number of hydrogen-bond acceptors (Lipinski definition) is 4. The lowest BCUT2D eigenvalue weighted by Crippen LogP contribution is -2.47. The van der Waals surface area contributed by atoms with Gasteiger partial charge in [0.05, 0.1) is 10.6 Å². The van der Waals surface area contributed by atoms with E-state index in [1.807, 2.05) is 4.90 Å². The van der Waals surface area contributed by atoms with Crippen LogP contribution in [-0.2, 0) is 6.18 Å². The Labute approximate surface area is 194 Å². The lowest BCUT2D eigenvalue weighted by Gasteiger charge is -2.37. The highest BCUT2D eigenvalue weighted by Gasteiger charge is 2.32. The fourth-order valence-electron chi connectivity index (χ4n) is 3.84. The molecule has 1 aromatic heterocycles. The number of anilines is 1. The Bertz CT molecular complexity index is 605. The Morgan fingerprint density at radius 2 is 1.62 bits per heavy atom. The average Bonchev–Trinajstić information content (AvgIpc) is 2.61. The van der Waals surface area contributed by atoms with Crippen LogP contribution in [-0.4, -0.2) is 48.6 Å². The summed E-state index contributed by atoms with van der Waals surface area (Å²) in [5.74, 6) is 1.22. The van der Waals surface area contributed by atoms with Crippen LogP contribution < -0.4 is 10.6 Å². The normalized spacial score (nSPS) is 22.9. The Kier molecular flexibility index (Phi) is 12.5. The van der Waals surface area contributed by atoms with E-state index in [4.69, 9.17) is 17.3 Å². The molecule has 3 rings (SSSR count). The number of nitrogens with zero attached hydrogens (tertiary/aromatic N) is 3. The molecule has 2 N–H and O–H groups in total. The second-order valence-electron chi connectivity index (χ2n) is 7.43. The van der Waals surface area contributed by atoms with Crippen molar-refractivity contribution in [3.63, 3.8) is 0 Å². The van der Waals surface area contributed by atoms with E-state index in [0.29, 0.717) is 11.9 Å². The molecule has 29 heavy (non-hydrogen) atoms. The Morgan fingerprint density at radius 1 is 1.03 bits per heavy atom. The van der Waals surface area contributed by atoms with Crippen molar-refractivity contribution >= 4 is 54.6 Å². The van der Waals surface area contributed by atoms with Crippen molar-refractivity contribution in [2.45, 2.75) is 44.3 Å². The molecular formula is C18H29Cl4F3N4. The second-order valence-corrected chi connectivity index (χ2v) is 7.83. The van der Waals surface area contributed by atoms with Crippen LogP contribution in [0.25, 0.3) is 0 Å². The maximum Gasteiger partial charge on any atom is 0.417 e. The molecule has 2 aliphatic rings. The number of alkyl halides is 3. The Balaban J connectivity index is 0.00000261. The molecule has 0 unspecified atom stereocenters. The maximum atomic E-state index is 12.7. The highest BCUT2D eigenvalue weighted by molar-refractivity contribution is 6.33. The molecule has 1 saturated carbocycles. The molecule has 1 aliphatic heterocycles. The van der Waals surface area contributed by atoms with Crippen molar-refractivity contribution in [3.05, 3.63) is 22.8 Å². The van der Waals surface area contributed by atoms with Gasteiger partial charge in [0, 0.05) is 38.4 Å². The van der Waals surface area contributed by atoms with Gasteiger partial charge < -0.3 is 10.6 Å². The Morgan fingerprint density at radius 3 is 2.14 bits per heavy atom. The molecule has 1 aromatic rings. The zero-order valence-electron chi connectivity index (χ0n) is 16.0. The molecule has 0 bridgehead atoms. The summed E-state index contributed by atoms with van der Waals surface area (Å²) in [5, 5.41) is 0.0619. The highest BCUT2D eigenvalue weighted by atomic mass is 35.5. The number of halogens is 7. The number of hydrogen-bond donors (Lipinski definition) is 1. The van der Waals surface area contributed by atoms with Gasteiger partial charge in [-0.1, -0.05) is 11.6 Å². The van der Waals surface area contributed by atoms with Crippen molar-refractivity contribution < 1.29 is 13.2 Å². The summed E-state index contributed by atoms with van der Waals surface area (Å²) in [6.45, 7) is 4.29. The molecule has 2 fully saturated rings. The Hall–Kier alpha value is -0.180. The van der Waals surface area contributed by atoms with Gasteiger partial charge in [-0.15, -0.1) is 37.2 Å². The minimum atomic E-state index is -4.42. The molecule has 0 aromatic carbocycles. The quantitative estimate of drug-likeness (QED) is 0.629. The van der Waals surface area contributed by atoms with Crippen LogP contribution in [0.1, 0.15) is 37.7 Å². The van der Waals surface area contributed by atoms with E-state index in [1.54, 1.807) is 0 Å². The van der Waals surface area contributed by atoms with Gasteiger partial charge in [0.2, 0.25) is 0 Å². The first kappa shape index (κ1) is 28.8. The lowest BCUT2D eigenvalue weighted by molar-refractivity contribution is -0.137. The molecule has 0 atom stereocenters. The summed E-state index contributed by atoms with van der Waals surface area (Å²) in [6.07, 6.45) is 2.37. The fraction of sp³-hybridized carbons (Fsp3) is 0.722. The van der Waals surface area contributed by atoms with Crippen LogP contribution in [0.2, 0.25) is 5.02 Å². The molecule has 4 nitrogen and oxygen atoms in total. The molecule has 2 heterocycles. The first-order valence-corrected chi connectivity index (χ1v) is 9.66. The first-order valence-electron chi connectivity index (χ1n) is 9.28. The topological polar surface area (TPSA) is 45.4 Å².